The normalized spacial score (nSPS) is 20.0. The molecule has 1 aromatic carbocycles. The average Bonchev–Trinajstić information content (AvgIpc) is 3.06. The van der Waals surface area contributed by atoms with E-state index in [0.717, 1.165) is 62.4 Å². The lowest BCUT2D eigenvalue weighted by Crippen LogP contribution is -2.48. The molecule has 3 aliphatic heterocycles. The van der Waals surface area contributed by atoms with Gasteiger partial charge in [0.2, 0.25) is 5.82 Å². The summed E-state index contributed by atoms with van der Waals surface area (Å²) in [5.74, 6) is 2.89. The second-order valence-electron chi connectivity index (χ2n) is 8.65. The minimum Gasteiger partial charge on any atom is -0.493 e. The number of fused-ring (bicyclic) bond motifs is 3. The topological polar surface area (TPSA) is 78.7 Å². The number of carbonyl (C=O) groups is 1. The number of methoxy groups -OCH3 is 2. The fourth-order valence-corrected chi connectivity index (χ4v) is 5.26. The molecular formula is C23H30N4O4. The predicted molar refractivity (Wildman–Crippen MR) is 114 cm³/mol. The Bertz CT molecular complexity index is 978. The molecule has 0 radical (unpaired) electrons. The molecule has 4 heterocycles. The van der Waals surface area contributed by atoms with Crippen molar-refractivity contribution in [1.29, 1.82) is 0 Å². The van der Waals surface area contributed by atoms with E-state index in [1.165, 1.54) is 17.5 Å². The maximum absolute atomic E-state index is 13.3. The summed E-state index contributed by atoms with van der Waals surface area (Å²) in [7, 11) is 3.32. The van der Waals surface area contributed by atoms with Crippen LogP contribution >= 0.6 is 0 Å². The van der Waals surface area contributed by atoms with Gasteiger partial charge in [0, 0.05) is 26.1 Å². The molecule has 8 nitrogen and oxygen atoms in total. The molecule has 5 rings (SSSR count). The van der Waals surface area contributed by atoms with Crippen molar-refractivity contribution < 1.29 is 19.0 Å². The molecule has 3 aliphatic rings. The third-order valence-corrected chi connectivity index (χ3v) is 7.01. The van der Waals surface area contributed by atoms with Gasteiger partial charge in [-0.1, -0.05) is 6.42 Å². The van der Waals surface area contributed by atoms with E-state index in [9.17, 15) is 4.79 Å². The van der Waals surface area contributed by atoms with Gasteiger partial charge in [0.1, 0.15) is 5.82 Å². The Balaban J connectivity index is 1.37. The van der Waals surface area contributed by atoms with Gasteiger partial charge in [0.25, 0.3) is 5.91 Å². The van der Waals surface area contributed by atoms with E-state index >= 15 is 0 Å². The number of nitrogens with zero attached hydrogens (tertiary/aromatic N) is 4. The molecule has 1 aromatic heterocycles. The van der Waals surface area contributed by atoms with Crippen LogP contribution in [0.3, 0.4) is 0 Å². The number of hydrogen-bond acceptors (Lipinski definition) is 6. The highest BCUT2D eigenvalue weighted by Gasteiger charge is 2.43. The van der Waals surface area contributed by atoms with Gasteiger partial charge in [-0.15, -0.1) is 10.2 Å². The number of aryl methyl sites for hydroxylation is 1. The van der Waals surface area contributed by atoms with Crippen LogP contribution in [0.1, 0.15) is 59.7 Å². The van der Waals surface area contributed by atoms with Crippen LogP contribution in [0.2, 0.25) is 0 Å². The molecule has 0 aliphatic carbocycles. The van der Waals surface area contributed by atoms with Crippen LogP contribution in [-0.4, -0.2) is 59.5 Å². The van der Waals surface area contributed by atoms with Crippen molar-refractivity contribution in [3.05, 3.63) is 34.9 Å². The third-order valence-electron chi connectivity index (χ3n) is 7.01. The van der Waals surface area contributed by atoms with E-state index in [0.29, 0.717) is 25.5 Å². The molecule has 0 unspecified atom stereocenters. The summed E-state index contributed by atoms with van der Waals surface area (Å²) in [6.07, 6.45) is 6.62. The van der Waals surface area contributed by atoms with Gasteiger partial charge in [-0.05, 0) is 55.4 Å². The van der Waals surface area contributed by atoms with Crippen LogP contribution < -0.4 is 9.47 Å². The van der Waals surface area contributed by atoms with E-state index in [1.807, 2.05) is 9.47 Å². The Morgan fingerprint density at radius 1 is 1.00 bits per heavy atom. The molecule has 1 fully saturated rings. The number of carbonyl (C=O) groups excluding carboxylic acids is 1. The maximum atomic E-state index is 13.3. The Kier molecular flexibility index (Phi) is 5.33. The van der Waals surface area contributed by atoms with Gasteiger partial charge in [-0.3, -0.25) is 4.79 Å². The molecule has 0 bridgehead atoms. The van der Waals surface area contributed by atoms with Crippen LogP contribution in [0.5, 0.6) is 11.5 Å². The fourth-order valence-electron chi connectivity index (χ4n) is 5.26. The van der Waals surface area contributed by atoms with Gasteiger partial charge >= 0.3 is 0 Å². The standard InChI is InChI=1S/C23H30N4O4/c1-29-18-14-16-7-13-31-23(17(16)15-19(18)30-2)8-11-26(12-9-23)22(28)21-25-24-20-6-4-3-5-10-27(20)21/h14-15H,3-13H2,1-2H3. The zero-order chi connectivity index (χ0) is 21.4. The summed E-state index contributed by atoms with van der Waals surface area (Å²) < 4.78 is 19.4. The first-order valence-electron chi connectivity index (χ1n) is 11.3. The van der Waals surface area contributed by atoms with Crippen LogP contribution in [-0.2, 0) is 29.7 Å². The van der Waals surface area contributed by atoms with Gasteiger partial charge in [0.15, 0.2) is 11.5 Å². The molecule has 0 saturated carbocycles. The number of rotatable bonds is 3. The molecule has 1 spiro atoms. The summed E-state index contributed by atoms with van der Waals surface area (Å²) in [5, 5.41) is 8.55. The first-order chi connectivity index (χ1) is 15.1. The molecule has 0 atom stereocenters. The molecule has 8 heteroatoms. The highest BCUT2D eigenvalue weighted by atomic mass is 16.5. The number of hydrogen-bond donors (Lipinski definition) is 0. The van der Waals surface area contributed by atoms with Crippen LogP contribution in [0, 0.1) is 0 Å². The average molecular weight is 427 g/mol. The van der Waals surface area contributed by atoms with Crippen molar-refractivity contribution in [3.63, 3.8) is 0 Å². The third kappa shape index (κ3) is 3.46. The Morgan fingerprint density at radius 3 is 2.55 bits per heavy atom. The van der Waals surface area contributed by atoms with Crippen molar-refractivity contribution in [1.82, 2.24) is 19.7 Å². The Labute approximate surface area is 182 Å². The van der Waals surface area contributed by atoms with Gasteiger partial charge in [0.05, 0.1) is 26.4 Å². The molecule has 166 valence electrons. The lowest BCUT2D eigenvalue weighted by Gasteiger charge is -2.45. The van der Waals surface area contributed by atoms with E-state index in [1.54, 1.807) is 14.2 Å². The molecule has 31 heavy (non-hydrogen) atoms. The minimum absolute atomic E-state index is 0.0150. The quantitative estimate of drug-likeness (QED) is 0.751. The molecular weight excluding hydrogens is 396 g/mol. The summed E-state index contributed by atoms with van der Waals surface area (Å²) >= 11 is 0. The predicted octanol–water partition coefficient (Wildman–Crippen LogP) is 2.73. The van der Waals surface area contributed by atoms with E-state index in [-0.39, 0.29) is 11.5 Å². The number of benzene rings is 1. The first kappa shape index (κ1) is 20.3. The van der Waals surface area contributed by atoms with Crippen LogP contribution in [0.15, 0.2) is 12.1 Å². The number of amides is 1. The van der Waals surface area contributed by atoms with Crippen molar-refractivity contribution in [2.75, 3.05) is 33.9 Å². The summed E-state index contributed by atoms with van der Waals surface area (Å²) in [6, 6.07) is 4.13. The van der Waals surface area contributed by atoms with Crippen molar-refractivity contribution in [2.24, 2.45) is 0 Å². The lowest BCUT2D eigenvalue weighted by molar-refractivity contribution is -0.0937. The zero-order valence-electron chi connectivity index (χ0n) is 18.4. The zero-order valence-corrected chi connectivity index (χ0v) is 18.4. The summed E-state index contributed by atoms with van der Waals surface area (Å²) in [6.45, 7) is 2.77. The molecule has 1 amide bonds. The summed E-state index contributed by atoms with van der Waals surface area (Å²) in [4.78, 5) is 15.2. The largest absolute Gasteiger partial charge is 0.493 e. The smallest absolute Gasteiger partial charge is 0.291 e. The highest BCUT2D eigenvalue weighted by molar-refractivity contribution is 5.90. The number of ether oxygens (including phenoxy) is 3. The lowest BCUT2D eigenvalue weighted by atomic mass is 9.79. The fraction of sp³-hybridized carbons (Fsp3) is 0.609. The van der Waals surface area contributed by atoms with E-state index in [4.69, 9.17) is 14.2 Å². The van der Waals surface area contributed by atoms with Crippen molar-refractivity contribution >= 4 is 5.91 Å². The molecule has 0 N–H and O–H groups in total. The SMILES string of the molecule is COc1cc2c(cc1OC)C1(CCN(C(=O)c3nnc4n3CCCCC4)CC1)OCC2. The number of piperidine rings is 1. The molecule has 2 aromatic rings. The Morgan fingerprint density at radius 2 is 1.77 bits per heavy atom. The Hall–Kier alpha value is -2.61. The van der Waals surface area contributed by atoms with Crippen LogP contribution in [0.25, 0.3) is 0 Å². The van der Waals surface area contributed by atoms with Crippen LogP contribution in [0.4, 0.5) is 0 Å². The van der Waals surface area contributed by atoms with Crippen molar-refractivity contribution in [2.45, 2.75) is 57.1 Å². The monoisotopic (exact) mass is 426 g/mol. The minimum atomic E-state index is -0.383. The second-order valence-corrected chi connectivity index (χ2v) is 8.65. The number of aromatic nitrogens is 3. The van der Waals surface area contributed by atoms with E-state index < -0.39 is 0 Å². The van der Waals surface area contributed by atoms with Gasteiger partial charge in [-0.2, -0.15) is 0 Å². The van der Waals surface area contributed by atoms with E-state index in [2.05, 4.69) is 22.3 Å². The number of likely N-dealkylation sites (tertiary alicyclic amines) is 1. The second kappa shape index (κ2) is 8.15. The molecule has 1 saturated heterocycles. The highest BCUT2D eigenvalue weighted by Crippen LogP contribution is 2.45. The van der Waals surface area contributed by atoms with Crippen molar-refractivity contribution in [3.8, 4) is 11.5 Å². The maximum Gasteiger partial charge on any atom is 0.291 e. The first-order valence-corrected chi connectivity index (χ1v) is 11.3. The summed E-state index contributed by atoms with van der Waals surface area (Å²) in [5.41, 5.74) is 2.03. The van der Waals surface area contributed by atoms with Gasteiger partial charge in [-0.25, -0.2) is 0 Å². The van der Waals surface area contributed by atoms with Gasteiger partial charge < -0.3 is 23.7 Å².